The molecule has 0 saturated carbocycles. The highest BCUT2D eigenvalue weighted by molar-refractivity contribution is 5.99. The number of benzene rings is 2. The number of para-hydroxylation sites is 1. The molecule has 2 aromatic heterocycles. The molecule has 31 heavy (non-hydrogen) atoms. The molecule has 0 saturated heterocycles. The number of ketones is 1. The molecule has 0 radical (unpaired) electrons. The van der Waals surface area contributed by atoms with Gasteiger partial charge >= 0.3 is 0 Å². The van der Waals surface area contributed by atoms with Crippen molar-refractivity contribution in [2.75, 3.05) is 5.32 Å². The Morgan fingerprint density at radius 1 is 0.806 bits per heavy atom. The van der Waals surface area contributed by atoms with E-state index in [2.05, 4.69) is 39.3 Å². The summed E-state index contributed by atoms with van der Waals surface area (Å²) in [4.78, 5) is 31.3. The van der Waals surface area contributed by atoms with Crippen LogP contribution in [0, 0.1) is 20.8 Å². The van der Waals surface area contributed by atoms with Crippen LogP contribution in [0.5, 0.6) is 0 Å². The van der Waals surface area contributed by atoms with Crippen LogP contribution in [-0.4, -0.2) is 25.7 Å². The van der Waals surface area contributed by atoms with E-state index in [9.17, 15) is 4.79 Å². The van der Waals surface area contributed by atoms with E-state index in [0.29, 0.717) is 36.0 Å². The van der Waals surface area contributed by atoms with Crippen LogP contribution in [0.25, 0.3) is 10.9 Å². The number of fused-ring (bicyclic) bond motifs is 2. The minimum absolute atomic E-state index is 0.108. The van der Waals surface area contributed by atoms with Crippen molar-refractivity contribution in [1.29, 1.82) is 0 Å². The highest BCUT2D eigenvalue weighted by Crippen LogP contribution is 2.34. The molecular formula is C25H23N5O. The number of aromatic nitrogens is 4. The zero-order valence-electron chi connectivity index (χ0n) is 17.8. The smallest absolute Gasteiger partial charge is 0.230 e. The van der Waals surface area contributed by atoms with E-state index in [0.717, 1.165) is 22.3 Å². The summed E-state index contributed by atoms with van der Waals surface area (Å²) in [6, 6.07) is 16.1. The normalized spacial score (nSPS) is 15.7. The molecule has 1 atom stereocenters. The molecule has 0 fully saturated rings. The molecule has 4 aromatic rings. The lowest BCUT2D eigenvalue weighted by Gasteiger charge is -2.25. The second kappa shape index (κ2) is 7.54. The van der Waals surface area contributed by atoms with Gasteiger partial charge in [-0.2, -0.15) is 0 Å². The van der Waals surface area contributed by atoms with Crippen LogP contribution in [0.4, 0.5) is 11.9 Å². The number of hydrogen-bond acceptors (Lipinski definition) is 6. The van der Waals surface area contributed by atoms with Gasteiger partial charge in [-0.1, -0.05) is 42.5 Å². The number of nitrogens with zero attached hydrogens (tertiary/aromatic N) is 4. The molecular weight excluding hydrogens is 386 g/mol. The van der Waals surface area contributed by atoms with Gasteiger partial charge in [-0.25, -0.2) is 19.9 Å². The predicted octanol–water partition coefficient (Wildman–Crippen LogP) is 5.00. The lowest BCUT2D eigenvalue weighted by Crippen LogP contribution is -2.23. The summed E-state index contributed by atoms with van der Waals surface area (Å²) >= 11 is 0. The van der Waals surface area contributed by atoms with Crippen molar-refractivity contribution < 1.29 is 4.79 Å². The van der Waals surface area contributed by atoms with Crippen molar-refractivity contribution in [3.8, 4) is 0 Å². The Kier molecular flexibility index (Phi) is 4.70. The molecule has 2 aromatic carbocycles. The van der Waals surface area contributed by atoms with Gasteiger partial charge in [-0.3, -0.25) is 10.1 Å². The molecule has 1 aliphatic carbocycles. The molecule has 6 heteroatoms. The fourth-order valence-electron chi connectivity index (χ4n) is 4.49. The van der Waals surface area contributed by atoms with E-state index in [4.69, 9.17) is 4.98 Å². The first-order valence-electron chi connectivity index (χ1n) is 10.5. The molecule has 0 bridgehead atoms. The SMILES string of the molecule is Cc1ccccc1C1CC(=O)c2c(C)nc(Nc3nc(C)c4ccccc4n3)nc2C1. The fourth-order valence-corrected chi connectivity index (χ4v) is 4.49. The molecule has 5 rings (SSSR count). The van der Waals surface area contributed by atoms with Crippen molar-refractivity contribution in [3.63, 3.8) is 0 Å². The third kappa shape index (κ3) is 3.54. The van der Waals surface area contributed by atoms with Crippen LogP contribution < -0.4 is 5.32 Å². The molecule has 1 aliphatic rings. The van der Waals surface area contributed by atoms with Gasteiger partial charge in [0.2, 0.25) is 11.9 Å². The van der Waals surface area contributed by atoms with Crippen molar-refractivity contribution in [2.45, 2.75) is 39.5 Å². The van der Waals surface area contributed by atoms with Crippen molar-refractivity contribution >= 4 is 28.6 Å². The number of anilines is 2. The quantitative estimate of drug-likeness (QED) is 0.513. The minimum atomic E-state index is 0.108. The number of carbonyl (C=O) groups excluding carboxylic acids is 1. The van der Waals surface area contributed by atoms with E-state index in [1.54, 1.807) is 0 Å². The van der Waals surface area contributed by atoms with Gasteiger partial charge in [-0.05, 0) is 50.3 Å². The van der Waals surface area contributed by atoms with E-state index in [-0.39, 0.29) is 11.7 Å². The summed E-state index contributed by atoms with van der Waals surface area (Å²) in [6.45, 7) is 5.91. The molecule has 0 aliphatic heterocycles. The van der Waals surface area contributed by atoms with Crippen LogP contribution in [0.3, 0.4) is 0 Å². The topological polar surface area (TPSA) is 80.7 Å². The van der Waals surface area contributed by atoms with Crippen LogP contribution in [-0.2, 0) is 6.42 Å². The van der Waals surface area contributed by atoms with Gasteiger partial charge in [0.1, 0.15) is 0 Å². The Morgan fingerprint density at radius 2 is 1.52 bits per heavy atom. The van der Waals surface area contributed by atoms with Gasteiger partial charge < -0.3 is 0 Å². The second-order valence-corrected chi connectivity index (χ2v) is 8.11. The molecule has 1 N–H and O–H groups in total. The first-order valence-corrected chi connectivity index (χ1v) is 10.5. The number of rotatable bonds is 3. The van der Waals surface area contributed by atoms with E-state index >= 15 is 0 Å². The van der Waals surface area contributed by atoms with Crippen LogP contribution in [0.2, 0.25) is 0 Å². The first kappa shape index (κ1) is 19.3. The highest BCUT2D eigenvalue weighted by atomic mass is 16.1. The lowest BCUT2D eigenvalue weighted by atomic mass is 9.80. The monoisotopic (exact) mass is 409 g/mol. The average molecular weight is 409 g/mol. The third-order valence-electron chi connectivity index (χ3n) is 5.96. The van der Waals surface area contributed by atoms with Gasteiger partial charge in [0.15, 0.2) is 5.78 Å². The number of Topliss-reactive ketones (excluding diaryl/α,β-unsaturated/α-hetero) is 1. The predicted molar refractivity (Wildman–Crippen MR) is 121 cm³/mol. The number of carbonyl (C=O) groups is 1. The Morgan fingerprint density at radius 3 is 2.35 bits per heavy atom. The Labute approximate surface area is 180 Å². The van der Waals surface area contributed by atoms with E-state index < -0.39 is 0 Å². The number of aryl methyl sites for hydroxylation is 3. The lowest BCUT2D eigenvalue weighted by molar-refractivity contribution is 0.0962. The maximum atomic E-state index is 12.9. The summed E-state index contributed by atoms with van der Waals surface area (Å²) in [5.41, 5.74) is 6.30. The molecule has 1 unspecified atom stereocenters. The Bertz CT molecular complexity index is 1330. The largest absolute Gasteiger partial charge is 0.294 e. The molecule has 0 spiro atoms. The number of nitrogens with one attached hydrogen (secondary N) is 1. The zero-order chi connectivity index (χ0) is 21.5. The highest BCUT2D eigenvalue weighted by Gasteiger charge is 2.30. The van der Waals surface area contributed by atoms with Crippen molar-refractivity contribution in [1.82, 2.24) is 19.9 Å². The van der Waals surface area contributed by atoms with Gasteiger partial charge in [0, 0.05) is 11.8 Å². The number of hydrogen-bond donors (Lipinski definition) is 1. The Hall–Kier alpha value is -3.67. The summed E-state index contributed by atoms with van der Waals surface area (Å²) < 4.78 is 0. The summed E-state index contributed by atoms with van der Waals surface area (Å²) in [5, 5.41) is 4.17. The minimum Gasteiger partial charge on any atom is -0.294 e. The molecule has 0 amide bonds. The van der Waals surface area contributed by atoms with E-state index in [1.807, 2.05) is 50.2 Å². The van der Waals surface area contributed by atoms with E-state index in [1.165, 1.54) is 11.1 Å². The van der Waals surface area contributed by atoms with Gasteiger partial charge in [0.25, 0.3) is 0 Å². The maximum absolute atomic E-state index is 12.9. The average Bonchev–Trinajstić information content (AvgIpc) is 2.73. The fraction of sp³-hybridized carbons (Fsp3) is 0.240. The Balaban J connectivity index is 1.51. The standard InChI is InChI=1S/C25H23N5O/c1-14-8-4-5-9-18(14)17-12-21-23(22(31)13-17)16(3)27-25(29-21)30-24-26-15(2)19-10-6-7-11-20(19)28-24/h4-11,17H,12-13H2,1-3H3,(H,26,27,28,29,30). The summed E-state index contributed by atoms with van der Waals surface area (Å²) in [5.74, 6) is 1.11. The van der Waals surface area contributed by atoms with Crippen LogP contribution in [0.1, 0.15) is 50.9 Å². The van der Waals surface area contributed by atoms with Crippen LogP contribution >= 0.6 is 0 Å². The van der Waals surface area contributed by atoms with Crippen LogP contribution in [0.15, 0.2) is 48.5 Å². The zero-order valence-corrected chi connectivity index (χ0v) is 17.8. The summed E-state index contributed by atoms with van der Waals surface area (Å²) in [6.07, 6.45) is 1.20. The maximum Gasteiger partial charge on any atom is 0.230 e. The first-order chi connectivity index (χ1) is 15.0. The molecule has 154 valence electrons. The molecule has 6 nitrogen and oxygen atoms in total. The van der Waals surface area contributed by atoms with Crippen molar-refractivity contribution in [3.05, 3.63) is 82.3 Å². The summed E-state index contributed by atoms with van der Waals surface area (Å²) in [7, 11) is 0. The van der Waals surface area contributed by atoms with Gasteiger partial charge in [0.05, 0.1) is 28.2 Å². The molecule has 2 heterocycles. The third-order valence-corrected chi connectivity index (χ3v) is 5.96. The van der Waals surface area contributed by atoms with Gasteiger partial charge in [-0.15, -0.1) is 0 Å². The van der Waals surface area contributed by atoms with Crippen molar-refractivity contribution in [2.24, 2.45) is 0 Å². The second-order valence-electron chi connectivity index (χ2n) is 8.11.